The molecule has 0 amide bonds. The van der Waals surface area contributed by atoms with Gasteiger partial charge in [-0.2, -0.15) is 0 Å². The van der Waals surface area contributed by atoms with Crippen LogP contribution in [0.1, 0.15) is 29.7 Å². The van der Waals surface area contributed by atoms with Crippen molar-refractivity contribution in [1.82, 2.24) is 4.90 Å². The van der Waals surface area contributed by atoms with Crippen molar-refractivity contribution in [3.63, 3.8) is 0 Å². The van der Waals surface area contributed by atoms with Crippen LogP contribution in [0.25, 0.3) is 0 Å². The zero-order chi connectivity index (χ0) is 13.1. The van der Waals surface area contributed by atoms with E-state index in [0.717, 1.165) is 26.2 Å². The topological polar surface area (TPSA) is 38.5 Å². The summed E-state index contributed by atoms with van der Waals surface area (Å²) >= 11 is 0. The van der Waals surface area contributed by atoms with Gasteiger partial charge < -0.3 is 10.5 Å². The molecule has 0 radical (unpaired) electrons. The van der Waals surface area contributed by atoms with Gasteiger partial charge in [-0.15, -0.1) is 0 Å². The van der Waals surface area contributed by atoms with Crippen LogP contribution in [0.4, 0.5) is 0 Å². The van der Waals surface area contributed by atoms with Crippen molar-refractivity contribution in [2.24, 2.45) is 5.73 Å². The fourth-order valence-electron chi connectivity index (χ4n) is 2.42. The summed E-state index contributed by atoms with van der Waals surface area (Å²) in [7, 11) is 0. The van der Waals surface area contributed by atoms with Gasteiger partial charge in [0.15, 0.2) is 0 Å². The fraction of sp³-hybridized carbons (Fsp3) is 0.600. The third-order valence-electron chi connectivity index (χ3n) is 3.94. The predicted octanol–water partition coefficient (Wildman–Crippen LogP) is 2.02. The summed E-state index contributed by atoms with van der Waals surface area (Å²) in [5.41, 5.74) is 10.1. The molecule has 1 aliphatic heterocycles. The van der Waals surface area contributed by atoms with Gasteiger partial charge in [0.1, 0.15) is 0 Å². The molecule has 100 valence electrons. The van der Waals surface area contributed by atoms with Gasteiger partial charge in [0, 0.05) is 13.1 Å². The minimum absolute atomic E-state index is 0.0290. The Morgan fingerprint density at radius 2 is 2.17 bits per heavy atom. The lowest BCUT2D eigenvalue weighted by Crippen LogP contribution is -2.46. The van der Waals surface area contributed by atoms with Gasteiger partial charge in [-0.05, 0) is 37.1 Å². The highest BCUT2D eigenvalue weighted by molar-refractivity contribution is 5.32. The molecule has 1 aromatic carbocycles. The Labute approximate surface area is 110 Å². The molecule has 18 heavy (non-hydrogen) atoms. The third kappa shape index (κ3) is 2.91. The van der Waals surface area contributed by atoms with Crippen LogP contribution in [0.2, 0.25) is 0 Å². The second kappa shape index (κ2) is 5.83. The lowest BCUT2D eigenvalue weighted by Gasteiger charge is -2.35. The number of aryl methyl sites for hydroxylation is 2. The van der Waals surface area contributed by atoms with E-state index < -0.39 is 0 Å². The lowest BCUT2D eigenvalue weighted by atomic mass is 9.97. The summed E-state index contributed by atoms with van der Waals surface area (Å²) in [6, 6.07) is 6.43. The molecule has 1 aliphatic rings. The van der Waals surface area contributed by atoms with Crippen LogP contribution in [-0.2, 0) is 4.74 Å². The van der Waals surface area contributed by atoms with Crippen molar-refractivity contribution in [1.29, 1.82) is 0 Å². The van der Waals surface area contributed by atoms with Crippen molar-refractivity contribution in [2.75, 3.05) is 26.2 Å². The second-order valence-electron chi connectivity index (χ2n) is 5.17. The third-order valence-corrected chi connectivity index (χ3v) is 3.94. The molecule has 0 spiro atoms. The summed E-state index contributed by atoms with van der Waals surface area (Å²) in [6.45, 7) is 10.3. The molecule has 1 aromatic rings. The molecule has 1 heterocycles. The molecular formula is C15H24N2O. The van der Waals surface area contributed by atoms with Crippen molar-refractivity contribution < 1.29 is 4.74 Å². The summed E-state index contributed by atoms with van der Waals surface area (Å²) in [6.07, 6.45) is 0.112. The summed E-state index contributed by atoms with van der Waals surface area (Å²) in [4.78, 5) is 2.40. The van der Waals surface area contributed by atoms with E-state index in [2.05, 4.69) is 43.9 Å². The number of rotatable bonds is 3. The first-order valence-electron chi connectivity index (χ1n) is 6.78. The Morgan fingerprint density at radius 1 is 1.39 bits per heavy atom. The standard InChI is InChI=1S/C15H24N2O/c1-4-17-7-8-18-14(10-17)15(16)13-6-5-11(2)12(3)9-13/h5-6,9,14-15H,4,7-8,10,16H2,1-3H3. The SMILES string of the molecule is CCN1CCOC(C(N)c2ccc(C)c(C)c2)C1. The Kier molecular flexibility index (Phi) is 4.38. The number of hydrogen-bond donors (Lipinski definition) is 1. The van der Waals surface area contributed by atoms with Gasteiger partial charge in [0.2, 0.25) is 0 Å². The minimum Gasteiger partial charge on any atom is -0.374 e. The molecule has 0 bridgehead atoms. The van der Waals surface area contributed by atoms with Gasteiger partial charge in [0.05, 0.1) is 18.8 Å². The van der Waals surface area contributed by atoms with Crippen LogP contribution in [0.15, 0.2) is 18.2 Å². The molecule has 2 rings (SSSR count). The molecular weight excluding hydrogens is 224 g/mol. The number of hydrogen-bond acceptors (Lipinski definition) is 3. The van der Waals surface area contributed by atoms with E-state index in [1.165, 1.54) is 16.7 Å². The zero-order valence-electron chi connectivity index (χ0n) is 11.6. The van der Waals surface area contributed by atoms with E-state index in [9.17, 15) is 0 Å². The van der Waals surface area contributed by atoms with E-state index in [1.54, 1.807) is 0 Å². The molecule has 3 nitrogen and oxygen atoms in total. The fourth-order valence-corrected chi connectivity index (χ4v) is 2.42. The predicted molar refractivity (Wildman–Crippen MR) is 74.7 cm³/mol. The van der Waals surface area contributed by atoms with Crippen LogP contribution in [-0.4, -0.2) is 37.2 Å². The normalized spacial score (nSPS) is 23.0. The maximum absolute atomic E-state index is 6.35. The Balaban J connectivity index is 2.10. The molecule has 3 heteroatoms. The monoisotopic (exact) mass is 248 g/mol. The minimum atomic E-state index is -0.0290. The molecule has 0 saturated carbocycles. The molecule has 2 N–H and O–H groups in total. The van der Waals surface area contributed by atoms with Crippen molar-refractivity contribution >= 4 is 0 Å². The Morgan fingerprint density at radius 3 is 2.83 bits per heavy atom. The zero-order valence-corrected chi connectivity index (χ0v) is 11.6. The molecule has 2 atom stereocenters. The Hall–Kier alpha value is -0.900. The molecule has 1 saturated heterocycles. The first-order valence-corrected chi connectivity index (χ1v) is 6.78. The molecule has 0 aromatic heterocycles. The maximum atomic E-state index is 6.35. The Bertz CT molecular complexity index is 405. The molecule has 2 unspecified atom stereocenters. The van der Waals surface area contributed by atoms with Gasteiger partial charge >= 0.3 is 0 Å². The van der Waals surface area contributed by atoms with Crippen LogP contribution < -0.4 is 5.73 Å². The van der Waals surface area contributed by atoms with E-state index in [0.29, 0.717) is 0 Å². The van der Waals surface area contributed by atoms with Crippen molar-refractivity contribution in [3.8, 4) is 0 Å². The van der Waals surface area contributed by atoms with Crippen molar-refractivity contribution in [3.05, 3.63) is 34.9 Å². The summed E-state index contributed by atoms with van der Waals surface area (Å²) in [5.74, 6) is 0. The highest BCUT2D eigenvalue weighted by Gasteiger charge is 2.26. The molecule has 0 aliphatic carbocycles. The first-order chi connectivity index (χ1) is 8.61. The number of nitrogens with zero attached hydrogens (tertiary/aromatic N) is 1. The number of ether oxygens (including phenoxy) is 1. The highest BCUT2D eigenvalue weighted by Crippen LogP contribution is 2.22. The van der Waals surface area contributed by atoms with Gasteiger partial charge in [-0.1, -0.05) is 25.1 Å². The number of likely N-dealkylation sites (N-methyl/N-ethyl adjacent to an activating group) is 1. The summed E-state index contributed by atoms with van der Waals surface area (Å²) < 4.78 is 5.83. The van der Waals surface area contributed by atoms with Gasteiger partial charge in [-0.25, -0.2) is 0 Å². The van der Waals surface area contributed by atoms with Gasteiger partial charge in [-0.3, -0.25) is 4.90 Å². The van der Waals surface area contributed by atoms with Crippen LogP contribution >= 0.6 is 0 Å². The number of nitrogens with two attached hydrogens (primary N) is 1. The number of morpholine rings is 1. The van der Waals surface area contributed by atoms with E-state index in [1.807, 2.05) is 0 Å². The average Bonchev–Trinajstić information content (AvgIpc) is 2.41. The average molecular weight is 248 g/mol. The van der Waals surface area contributed by atoms with E-state index in [4.69, 9.17) is 10.5 Å². The smallest absolute Gasteiger partial charge is 0.0894 e. The first kappa shape index (κ1) is 13.5. The summed E-state index contributed by atoms with van der Waals surface area (Å²) in [5, 5.41) is 0. The highest BCUT2D eigenvalue weighted by atomic mass is 16.5. The maximum Gasteiger partial charge on any atom is 0.0894 e. The lowest BCUT2D eigenvalue weighted by molar-refractivity contribution is -0.0392. The van der Waals surface area contributed by atoms with E-state index >= 15 is 0 Å². The van der Waals surface area contributed by atoms with Gasteiger partial charge in [0.25, 0.3) is 0 Å². The van der Waals surface area contributed by atoms with Crippen LogP contribution in [0, 0.1) is 13.8 Å². The van der Waals surface area contributed by atoms with Crippen molar-refractivity contribution in [2.45, 2.75) is 32.9 Å². The second-order valence-corrected chi connectivity index (χ2v) is 5.17. The van der Waals surface area contributed by atoms with Crippen LogP contribution in [0.5, 0.6) is 0 Å². The molecule has 1 fully saturated rings. The van der Waals surface area contributed by atoms with Crippen LogP contribution in [0.3, 0.4) is 0 Å². The quantitative estimate of drug-likeness (QED) is 0.889. The number of benzene rings is 1. The largest absolute Gasteiger partial charge is 0.374 e. The van der Waals surface area contributed by atoms with E-state index in [-0.39, 0.29) is 12.1 Å².